The molecule has 3 unspecified atom stereocenters. The molecule has 0 saturated carbocycles. The highest BCUT2D eigenvalue weighted by Crippen LogP contribution is 2.45. The van der Waals surface area contributed by atoms with Crippen LogP contribution in [0.15, 0.2) is 0 Å². The maximum Gasteiger partial charge on any atom is 0.472 e. The lowest BCUT2D eigenvalue weighted by Gasteiger charge is -2.21. The van der Waals surface area contributed by atoms with Crippen molar-refractivity contribution in [3.8, 4) is 0 Å². The molecule has 498 valence electrons. The fraction of sp³-hybridized carbons (Fsp3) is 0.938. The molecule has 0 aliphatic heterocycles. The highest BCUT2D eigenvalue weighted by Gasteiger charge is 2.30. The Morgan fingerprint density at radius 1 is 0.345 bits per heavy atom. The third-order valence-electron chi connectivity index (χ3n) is 15.3. The number of carbonyl (C=O) groups excluding carboxylic acids is 4. The molecule has 0 aliphatic carbocycles. The zero-order valence-electron chi connectivity index (χ0n) is 54.2. The number of ether oxygens (including phenoxy) is 4. The van der Waals surface area contributed by atoms with E-state index in [1.54, 1.807) is 0 Å². The van der Waals surface area contributed by atoms with Gasteiger partial charge in [-0.15, -0.1) is 0 Å². The van der Waals surface area contributed by atoms with Crippen molar-refractivity contribution in [1.29, 1.82) is 0 Å². The lowest BCUT2D eigenvalue weighted by atomic mass is 9.99. The zero-order valence-corrected chi connectivity index (χ0v) is 56.0. The largest absolute Gasteiger partial charge is 0.472 e. The van der Waals surface area contributed by atoms with Gasteiger partial charge in [-0.1, -0.05) is 273 Å². The SMILES string of the molecule is CCCCCCCCCC(=O)O[C@H](COC(=O)CCCCCCC)COP(=O)(O)OC[C@H](O)COP(=O)(O)OC[C@@H](COC(=O)CCCCCCCCCC(C)C)OC(=O)CCCCCCCCCCCCCCCCCCCCC(C)CC. The van der Waals surface area contributed by atoms with Crippen LogP contribution in [0.25, 0.3) is 0 Å². The molecule has 0 fully saturated rings. The Morgan fingerprint density at radius 2 is 0.607 bits per heavy atom. The van der Waals surface area contributed by atoms with Crippen LogP contribution in [0, 0.1) is 11.8 Å². The monoisotopic (exact) mass is 1240 g/mol. The first kappa shape index (κ1) is 82.1. The Morgan fingerprint density at radius 3 is 0.905 bits per heavy atom. The van der Waals surface area contributed by atoms with Crippen LogP contribution in [-0.2, 0) is 65.4 Å². The van der Waals surface area contributed by atoms with Crippen LogP contribution in [0.3, 0.4) is 0 Å². The number of phosphoric acid groups is 2. The van der Waals surface area contributed by atoms with E-state index in [0.717, 1.165) is 121 Å². The summed E-state index contributed by atoms with van der Waals surface area (Å²) in [6.07, 6.45) is 41.1. The Bertz CT molecular complexity index is 1650. The van der Waals surface area contributed by atoms with E-state index < -0.39 is 97.5 Å². The Labute approximate surface area is 511 Å². The van der Waals surface area contributed by atoms with Gasteiger partial charge in [-0.3, -0.25) is 37.3 Å². The van der Waals surface area contributed by atoms with E-state index in [9.17, 15) is 43.2 Å². The molecule has 0 saturated heterocycles. The molecule has 0 heterocycles. The van der Waals surface area contributed by atoms with Gasteiger partial charge in [0.05, 0.1) is 26.4 Å². The van der Waals surface area contributed by atoms with Gasteiger partial charge < -0.3 is 33.8 Å². The molecule has 0 aromatic carbocycles. The first-order chi connectivity index (χ1) is 40.4. The minimum absolute atomic E-state index is 0.103. The van der Waals surface area contributed by atoms with E-state index in [1.165, 1.54) is 116 Å². The average Bonchev–Trinajstić information content (AvgIpc) is 3.58. The number of esters is 4. The zero-order chi connectivity index (χ0) is 62.2. The summed E-state index contributed by atoms with van der Waals surface area (Å²) in [5.74, 6) is -0.574. The minimum atomic E-state index is -4.94. The molecule has 0 amide bonds. The summed E-state index contributed by atoms with van der Waals surface area (Å²) >= 11 is 0. The molecule has 3 N–H and O–H groups in total. The predicted octanol–water partition coefficient (Wildman–Crippen LogP) is 18.0. The van der Waals surface area contributed by atoms with Crippen molar-refractivity contribution in [3.05, 3.63) is 0 Å². The van der Waals surface area contributed by atoms with Gasteiger partial charge in [0.25, 0.3) is 0 Å². The topological polar surface area (TPSA) is 237 Å². The number of aliphatic hydroxyl groups is 1. The summed E-state index contributed by atoms with van der Waals surface area (Å²) in [5, 5.41) is 10.5. The lowest BCUT2D eigenvalue weighted by molar-refractivity contribution is -0.161. The van der Waals surface area contributed by atoms with E-state index in [1.807, 2.05) is 0 Å². The lowest BCUT2D eigenvalue weighted by Crippen LogP contribution is -2.30. The molecular weight excluding hydrogens is 1110 g/mol. The molecule has 0 aliphatic rings. The van der Waals surface area contributed by atoms with Crippen LogP contribution in [0.2, 0.25) is 0 Å². The summed E-state index contributed by atoms with van der Waals surface area (Å²) in [6, 6.07) is 0. The van der Waals surface area contributed by atoms with Crippen molar-refractivity contribution in [2.45, 2.75) is 342 Å². The van der Waals surface area contributed by atoms with E-state index in [2.05, 4.69) is 41.5 Å². The average molecular weight is 1240 g/mol. The minimum Gasteiger partial charge on any atom is -0.462 e. The smallest absolute Gasteiger partial charge is 0.462 e. The standard InChI is InChI=1S/C65H126O17P2/c1-7-10-12-14-28-37-43-49-64(69)81-60(53-75-62(67)47-41-33-13-11-8-2)55-79-83(71,72)77-51-59(66)52-78-84(73,74)80-56-61(54-76-63(68)48-42-36-32-27-29-34-39-45-57(4)5)82-65(70)50-44-38-31-26-24-22-20-18-16-15-17-19-21-23-25-30-35-40-46-58(6)9-3/h57-61,66H,7-56H2,1-6H3,(H,71,72)(H,73,74)/t58?,59-,60+,61+/m0/s1. The summed E-state index contributed by atoms with van der Waals surface area (Å²) in [5.41, 5.74) is 0. The van der Waals surface area contributed by atoms with Gasteiger partial charge in [0.1, 0.15) is 19.3 Å². The van der Waals surface area contributed by atoms with Gasteiger partial charge in [-0.2, -0.15) is 0 Å². The van der Waals surface area contributed by atoms with Crippen molar-refractivity contribution >= 4 is 39.5 Å². The fourth-order valence-electron chi connectivity index (χ4n) is 9.68. The van der Waals surface area contributed by atoms with Crippen LogP contribution >= 0.6 is 15.6 Å². The molecule has 0 aromatic heterocycles. The first-order valence-electron chi connectivity index (χ1n) is 34.0. The van der Waals surface area contributed by atoms with Crippen LogP contribution < -0.4 is 0 Å². The number of hydrogen-bond donors (Lipinski definition) is 3. The van der Waals surface area contributed by atoms with Crippen molar-refractivity contribution in [3.63, 3.8) is 0 Å². The van der Waals surface area contributed by atoms with Crippen molar-refractivity contribution < 1.29 is 80.2 Å². The molecule has 0 spiro atoms. The number of hydrogen-bond acceptors (Lipinski definition) is 15. The molecule has 6 atom stereocenters. The third kappa shape index (κ3) is 57.8. The summed E-state index contributed by atoms with van der Waals surface area (Å²) in [6.45, 7) is 9.38. The number of rotatable bonds is 64. The van der Waals surface area contributed by atoms with Gasteiger partial charge in [0, 0.05) is 25.7 Å². The maximum absolute atomic E-state index is 13.0. The highest BCUT2D eigenvalue weighted by atomic mass is 31.2. The molecule has 0 rings (SSSR count). The van der Waals surface area contributed by atoms with Crippen LogP contribution in [0.4, 0.5) is 0 Å². The van der Waals surface area contributed by atoms with E-state index >= 15 is 0 Å². The number of carbonyl (C=O) groups is 4. The van der Waals surface area contributed by atoms with Gasteiger partial charge in [0.15, 0.2) is 12.2 Å². The van der Waals surface area contributed by atoms with Crippen molar-refractivity contribution in [2.24, 2.45) is 11.8 Å². The molecule has 84 heavy (non-hydrogen) atoms. The molecule has 19 heteroatoms. The van der Waals surface area contributed by atoms with Crippen LogP contribution in [0.1, 0.15) is 324 Å². The Hall–Kier alpha value is -1.94. The molecular formula is C65H126O17P2. The quantitative estimate of drug-likeness (QED) is 0.0222. The third-order valence-corrected chi connectivity index (χ3v) is 17.2. The van der Waals surface area contributed by atoms with Crippen LogP contribution in [0.5, 0.6) is 0 Å². The van der Waals surface area contributed by atoms with E-state index in [-0.39, 0.29) is 25.7 Å². The molecule has 0 radical (unpaired) electrons. The van der Waals surface area contributed by atoms with Gasteiger partial charge in [-0.25, -0.2) is 9.13 Å². The number of unbranched alkanes of at least 4 members (excludes halogenated alkanes) is 33. The van der Waals surface area contributed by atoms with Gasteiger partial charge >= 0.3 is 39.5 Å². The summed E-state index contributed by atoms with van der Waals surface area (Å²) in [4.78, 5) is 71.8. The second kappa shape index (κ2) is 57.5. The second-order valence-electron chi connectivity index (χ2n) is 24.2. The highest BCUT2D eigenvalue weighted by molar-refractivity contribution is 7.47. The molecule has 0 bridgehead atoms. The van der Waals surface area contributed by atoms with Gasteiger partial charge in [0.2, 0.25) is 0 Å². The van der Waals surface area contributed by atoms with Crippen LogP contribution in [-0.4, -0.2) is 96.7 Å². The second-order valence-corrected chi connectivity index (χ2v) is 27.1. The van der Waals surface area contributed by atoms with Crippen molar-refractivity contribution in [2.75, 3.05) is 39.6 Å². The number of phosphoric ester groups is 2. The van der Waals surface area contributed by atoms with E-state index in [0.29, 0.717) is 31.6 Å². The van der Waals surface area contributed by atoms with Gasteiger partial charge in [-0.05, 0) is 37.5 Å². The summed E-state index contributed by atoms with van der Waals surface area (Å²) < 4.78 is 67.7. The fourth-order valence-corrected chi connectivity index (χ4v) is 11.3. The first-order valence-corrected chi connectivity index (χ1v) is 37.0. The Balaban J connectivity index is 5.03. The van der Waals surface area contributed by atoms with Crippen molar-refractivity contribution in [1.82, 2.24) is 0 Å². The Kier molecular flexibility index (Phi) is 56.2. The molecule has 0 aromatic rings. The number of aliphatic hydroxyl groups excluding tert-OH is 1. The molecule has 17 nitrogen and oxygen atoms in total. The maximum atomic E-state index is 13.0. The van der Waals surface area contributed by atoms with E-state index in [4.69, 9.17) is 37.0 Å². The normalized spacial score (nSPS) is 14.6. The predicted molar refractivity (Wildman–Crippen MR) is 335 cm³/mol. The summed E-state index contributed by atoms with van der Waals surface area (Å²) in [7, 11) is -9.87.